The van der Waals surface area contributed by atoms with Crippen LogP contribution in [0.15, 0.2) is 41.8 Å². The topological polar surface area (TPSA) is 76.9 Å². The summed E-state index contributed by atoms with van der Waals surface area (Å²) < 4.78 is 1.21. The highest BCUT2D eigenvalue weighted by atomic mass is 32.1. The maximum Gasteiger partial charge on any atom is 0.339 e. The molecule has 0 radical (unpaired) electrons. The van der Waals surface area contributed by atoms with Crippen LogP contribution in [0.5, 0.6) is 0 Å². The third-order valence-electron chi connectivity index (χ3n) is 6.95. The number of hydrogen-bond acceptors (Lipinski definition) is 6. The van der Waals surface area contributed by atoms with Gasteiger partial charge in [-0.3, -0.25) is 4.90 Å². The minimum atomic E-state index is -0.932. The molecule has 32 heavy (non-hydrogen) atoms. The number of thiophene rings is 1. The molecular formula is C25H29N3O3S. The Hall–Kier alpha value is -2.48. The molecule has 6 nitrogen and oxygen atoms in total. The second-order valence-electron chi connectivity index (χ2n) is 8.92. The molecule has 2 aliphatic rings. The molecule has 0 bridgehead atoms. The first kappa shape index (κ1) is 21.4. The van der Waals surface area contributed by atoms with Gasteiger partial charge in [0, 0.05) is 53.3 Å². The minimum absolute atomic E-state index is 0.269. The highest BCUT2D eigenvalue weighted by molar-refractivity contribution is 7.17. The van der Waals surface area contributed by atoms with Crippen LogP contribution in [0.3, 0.4) is 0 Å². The van der Waals surface area contributed by atoms with Gasteiger partial charge in [0.15, 0.2) is 0 Å². The Morgan fingerprint density at radius 1 is 1.09 bits per heavy atom. The molecule has 2 N–H and O–H groups in total. The summed E-state index contributed by atoms with van der Waals surface area (Å²) in [6, 6.07) is 12.3. The molecule has 0 unspecified atom stereocenters. The van der Waals surface area contributed by atoms with Crippen molar-refractivity contribution in [2.75, 3.05) is 37.7 Å². The van der Waals surface area contributed by atoms with Gasteiger partial charge >= 0.3 is 5.97 Å². The molecule has 7 heteroatoms. The van der Waals surface area contributed by atoms with Crippen LogP contribution in [0.25, 0.3) is 21.3 Å². The molecular weight excluding hydrogens is 422 g/mol. The predicted molar refractivity (Wildman–Crippen MR) is 129 cm³/mol. The molecule has 168 valence electrons. The number of benzene rings is 1. The number of aromatic nitrogens is 1. The molecule has 5 rings (SSSR count). The van der Waals surface area contributed by atoms with E-state index in [9.17, 15) is 15.0 Å². The molecule has 4 heterocycles. The fraction of sp³-hybridized carbons (Fsp3) is 0.440. The first-order valence-electron chi connectivity index (χ1n) is 11.4. The molecule has 1 aromatic carbocycles. The van der Waals surface area contributed by atoms with Crippen molar-refractivity contribution in [3.8, 4) is 11.3 Å². The van der Waals surface area contributed by atoms with E-state index in [-0.39, 0.29) is 12.2 Å². The summed E-state index contributed by atoms with van der Waals surface area (Å²) in [4.78, 5) is 21.5. The second kappa shape index (κ2) is 9.17. The zero-order chi connectivity index (χ0) is 22.1. The van der Waals surface area contributed by atoms with Crippen LogP contribution in [-0.2, 0) is 0 Å². The van der Waals surface area contributed by atoms with Gasteiger partial charge in [-0.1, -0.05) is 18.2 Å². The Labute approximate surface area is 192 Å². The van der Waals surface area contributed by atoms with Crippen molar-refractivity contribution in [1.29, 1.82) is 0 Å². The van der Waals surface area contributed by atoms with Crippen LogP contribution in [0, 0.1) is 5.92 Å². The maximum absolute atomic E-state index is 12.0. The predicted octanol–water partition coefficient (Wildman–Crippen LogP) is 4.33. The smallest absolute Gasteiger partial charge is 0.339 e. The normalized spacial score (nSPS) is 20.7. The lowest BCUT2D eigenvalue weighted by atomic mass is 9.94. The van der Waals surface area contributed by atoms with Crippen molar-refractivity contribution in [1.82, 2.24) is 9.88 Å². The molecule has 0 spiro atoms. The standard InChI is InChI=1S/C25H29N3O3S/c29-15-17-4-3-11-28(14-17)18-9-12-27(13-10-18)24-20(25(30)31)7-8-22(26-24)21-16-32-23-6-2-1-5-19(21)23/h1-2,5-8,16-18,29H,3-4,9-15H2,(H,30,31)/t17-/m0/s1. The SMILES string of the molecule is O=C(O)c1ccc(-c2csc3ccccc23)nc1N1CCC(N2CCC[C@H](CO)C2)CC1. The molecule has 1 atom stereocenters. The van der Waals surface area contributed by atoms with Gasteiger partial charge in [0.25, 0.3) is 0 Å². The van der Waals surface area contributed by atoms with Crippen molar-refractivity contribution >= 4 is 33.2 Å². The number of pyridine rings is 1. The zero-order valence-corrected chi connectivity index (χ0v) is 18.9. The van der Waals surface area contributed by atoms with Crippen LogP contribution in [0.2, 0.25) is 0 Å². The molecule has 3 aromatic rings. The van der Waals surface area contributed by atoms with Crippen molar-refractivity contribution in [3.05, 3.63) is 47.3 Å². The summed E-state index contributed by atoms with van der Waals surface area (Å²) in [6.45, 7) is 3.93. The molecule has 2 aliphatic heterocycles. The molecule has 0 aliphatic carbocycles. The van der Waals surface area contributed by atoms with Gasteiger partial charge in [-0.15, -0.1) is 11.3 Å². The zero-order valence-electron chi connectivity index (χ0n) is 18.1. The van der Waals surface area contributed by atoms with E-state index in [1.54, 1.807) is 17.4 Å². The van der Waals surface area contributed by atoms with Crippen molar-refractivity contribution in [2.45, 2.75) is 31.7 Å². The van der Waals surface area contributed by atoms with Crippen LogP contribution in [-0.4, -0.2) is 64.9 Å². The number of carboxylic acid groups (broad SMARTS) is 1. The van der Waals surface area contributed by atoms with Gasteiger partial charge in [0.2, 0.25) is 0 Å². The van der Waals surface area contributed by atoms with Crippen molar-refractivity contribution in [3.63, 3.8) is 0 Å². The van der Waals surface area contributed by atoms with Crippen LogP contribution in [0.4, 0.5) is 5.82 Å². The van der Waals surface area contributed by atoms with Crippen LogP contribution >= 0.6 is 11.3 Å². The number of nitrogens with zero attached hydrogens (tertiary/aromatic N) is 3. The van der Waals surface area contributed by atoms with Gasteiger partial charge in [-0.25, -0.2) is 9.78 Å². The summed E-state index contributed by atoms with van der Waals surface area (Å²) in [5.74, 6) is 0.0351. The Morgan fingerprint density at radius 3 is 2.69 bits per heavy atom. The van der Waals surface area contributed by atoms with Gasteiger partial charge < -0.3 is 15.1 Å². The number of aliphatic hydroxyl groups excluding tert-OH is 1. The Balaban J connectivity index is 1.38. The number of anilines is 1. The number of hydrogen-bond donors (Lipinski definition) is 2. The fourth-order valence-corrected chi connectivity index (χ4v) is 6.16. The summed E-state index contributed by atoms with van der Waals surface area (Å²) >= 11 is 1.69. The van der Waals surface area contributed by atoms with Crippen LogP contribution in [0.1, 0.15) is 36.0 Å². The van der Waals surface area contributed by atoms with E-state index in [1.807, 2.05) is 18.2 Å². The summed E-state index contributed by atoms with van der Waals surface area (Å²) in [6.07, 6.45) is 4.24. The number of likely N-dealkylation sites (tertiary alicyclic amines) is 1. The third kappa shape index (κ3) is 4.12. The van der Waals surface area contributed by atoms with E-state index < -0.39 is 5.97 Å². The van der Waals surface area contributed by atoms with E-state index in [2.05, 4.69) is 27.3 Å². The Bertz CT molecular complexity index is 1110. The average Bonchev–Trinajstić information content (AvgIpc) is 3.28. The quantitative estimate of drug-likeness (QED) is 0.601. The fourth-order valence-electron chi connectivity index (χ4n) is 5.20. The van der Waals surface area contributed by atoms with Gasteiger partial charge in [-0.2, -0.15) is 0 Å². The third-order valence-corrected chi connectivity index (χ3v) is 7.91. The van der Waals surface area contributed by atoms with Gasteiger partial charge in [0.05, 0.1) is 5.69 Å². The maximum atomic E-state index is 12.0. The number of carbonyl (C=O) groups is 1. The first-order valence-corrected chi connectivity index (χ1v) is 12.3. The lowest BCUT2D eigenvalue weighted by Gasteiger charge is -2.42. The molecule has 0 saturated carbocycles. The number of rotatable bonds is 5. The molecule has 2 fully saturated rings. The molecule has 2 saturated heterocycles. The lowest BCUT2D eigenvalue weighted by molar-refractivity contribution is 0.0696. The van der Waals surface area contributed by atoms with Gasteiger partial charge in [-0.05, 0) is 56.3 Å². The Kier molecular flexibility index (Phi) is 6.13. The van der Waals surface area contributed by atoms with E-state index in [1.165, 1.54) is 4.70 Å². The van der Waals surface area contributed by atoms with E-state index in [4.69, 9.17) is 4.98 Å². The number of aromatic carboxylic acids is 1. The summed E-state index contributed by atoms with van der Waals surface area (Å²) in [5.41, 5.74) is 2.15. The summed E-state index contributed by atoms with van der Waals surface area (Å²) in [5, 5.41) is 22.6. The number of piperidine rings is 2. The van der Waals surface area contributed by atoms with Crippen molar-refractivity contribution in [2.24, 2.45) is 5.92 Å². The van der Waals surface area contributed by atoms with E-state index in [0.717, 1.165) is 68.5 Å². The van der Waals surface area contributed by atoms with Crippen molar-refractivity contribution < 1.29 is 15.0 Å². The monoisotopic (exact) mass is 451 g/mol. The number of aliphatic hydroxyl groups is 1. The number of carboxylic acids is 1. The first-order chi connectivity index (χ1) is 15.6. The molecule has 0 amide bonds. The summed E-state index contributed by atoms with van der Waals surface area (Å²) in [7, 11) is 0. The number of fused-ring (bicyclic) bond motifs is 1. The Morgan fingerprint density at radius 2 is 1.91 bits per heavy atom. The highest BCUT2D eigenvalue weighted by Gasteiger charge is 2.30. The van der Waals surface area contributed by atoms with Crippen LogP contribution < -0.4 is 4.90 Å². The average molecular weight is 452 g/mol. The lowest BCUT2D eigenvalue weighted by Crippen LogP contribution is -2.49. The highest BCUT2D eigenvalue weighted by Crippen LogP contribution is 2.35. The van der Waals surface area contributed by atoms with Gasteiger partial charge in [0.1, 0.15) is 11.4 Å². The van der Waals surface area contributed by atoms with E-state index >= 15 is 0 Å². The minimum Gasteiger partial charge on any atom is -0.478 e. The molecule has 2 aromatic heterocycles. The largest absolute Gasteiger partial charge is 0.478 e. The second-order valence-corrected chi connectivity index (χ2v) is 9.83. The van der Waals surface area contributed by atoms with E-state index in [0.29, 0.717) is 17.8 Å².